The van der Waals surface area contributed by atoms with Gasteiger partial charge in [0.2, 0.25) is 0 Å². The highest BCUT2D eigenvalue weighted by atomic mass is 16.5. The molecule has 0 saturated heterocycles. The molecule has 5 nitrogen and oxygen atoms in total. The molecule has 0 fully saturated rings. The molecule has 36 heavy (non-hydrogen) atoms. The number of ether oxygens (including phenoxy) is 2. The molecule has 1 amide bonds. The molecule has 0 aliphatic heterocycles. The zero-order valence-electron chi connectivity index (χ0n) is 22.6. The first-order valence-electron chi connectivity index (χ1n) is 12.9. The molecule has 0 heterocycles. The second-order valence-electron chi connectivity index (χ2n) is 10.6. The predicted molar refractivity (Wildman–Crippen MR) is 147 cm³/mol. The lowest BCUT2D eigenvalue weighted by molar-refractivity contribution is 0.0863. The van der Waals surface area contributed by atoms with E-state index in [1.165, 1.54) is 11.1 Å². The molecule has 3 aromatic carbocycles. The number of hydrogen-bond donors (Lipinski definition) is 2. The van der Waals surface area contributed by atoms with Gasteiger partial charge < -0.3 is 19.9 Å². The number of fused-ring (bicyclic) bond motifs is 1. The Hall–Kier alpha value is -3.05. The molecule has 5 heteroatoms. The van der Waals surface area contributed by atoms with Crippen LogP contribution in [0.3, 0.4) is 0 Å². The topological polar surface area (TPSA) is 67.8 Å². The molecule has 0 unspecified atom stereocenters. The van der Waals surface area contributed by atoms with E-state index in [9.17, 15) is 9.90 Å². The lowest BCUT2D eigenvalue weighted by Gasteiger charge is -2.30. The van der Waals surface area contributed by atoms with E-state index in [0.29, 0.717) is 31.8 Å². The first-order valence-corrected chi connectivity index (χ1v) is 12.9. The second kappa shape index (κ2) is 11.8. The number of benzene rings is 3. The minimum Gasteiger partial charge on any atom is -0.506 e. The molecule has 3 aromatic rings. The smallest absolute Gasteiger partial charge is 0.255 e. The fraction of sp³-hybridized carbons (Fsp3) is 0.452. The van der Waals surface area contributed by atoms with E-state index in [1.54, 1.807) is 12.1 Å². The number of phenolic OH excluding ortho intramolecular Hbond substituents is 1. The Morgan fingerprint density at radius 2 is 1.61 bits per heavy atom. The van der Waals surface area contributed by atoms with Crippen LogP contribution >= 0.6 is 0 Å². The van der Waals surface area contributed by atoms with Gasteiger partial charge in [0.15, 0.2) is 0 Å². The van der Waals surface area contributed by atoms with Crippen molar-refractivity contribution < 1.29 is 19.4 Å². The van der Waals surface area contributed by atoms with Crippen LogP contribution in [0, 0.1) is 0 Å². The Morgan fingerprint density at radius 1 is 0.889 bits per heavy atom. The van der Waals surface area contributed by atoms with Gasteiger partial charge in [0.1, 0.15) is 18.1 Å². The van der Waals surface area contributed by atoms with Crippen LogP contribution in [0.1, 0.15) is 75.9 Å². The Balaban J connectivity index is 1.49. The van der Waals surface area contributed by atoms with Crippen LogP contribution in [-0.4, -0.2) is 37.4 Å². The summed E-state index contributed by atoms with van der Waals surface area (Å²) in [4.78, 5) is 12.5. The van der Waals surface area contributed by atoms with Gasteiger partial charge in [-0.05, 0) is 46.8 Å². The highest BCUT2D eigenvalue weighted by Crippen LogP contribution is 2.38. The lowest BCUT2D eigenvalue weighted by atomic mass is 9.76. The van der Waals surface area contributed by atoms with E-state index >= 15 is 0 Å². The van der Waals surface area contributed by atoms with Crippen LogP contribution in [0.25, 0.3) is 10.8 Å². The average molecular weight is 492 g/mol. The fourth-order valence-corrected chi connectivity index (χ4v) is 4.08. The third-order valence-electron chi connectivity index (χ3n) is 7.42. The zero-order chi connectivity index (χ0) is 26.3. The molecule has 3 rings (SSSR count). The number of rotatable bonds is 12. The quantitative estimate of drug-likeness (QED) is 0.275. The highest BCUT2D eigenvalue weighted by Gasteiger charge is 2.26. The number of phenols is 1. The summed E-state index contributed by atoms with van der Waals surface area (Å²) in [5.41, 5.74) is 2.95. The summed E-state index contributed by atoms with van der Waals surface area (Å²) >= 11 is 0. The summed E-state index contributed by atoms with van der Waals surface area (Å²) in [6.45, 7) is 15.1. The van der Waals surface area contributed by atoms with E-state index in [1.807, 2.05) is 24.3 Å². The maximum Gasteiger partial charge on any atom is 0.255 e. The van der Waals surface area contributed by atoms with Crippen LogP contribution in [-0.2, 0) is 15.6 Å². The minimum atomic E-state index is -0.320. The van der Waals surface area contributed by atoms with E-state index < -0.39 is 0 Å². The van der Waals surface area contributed by atoms with E-state index in [-0.39, 0.29) is 28.1 Å². The van der Waals surface area contributed by atoms with Gasteiger partial charge in [-0.1, -0.05) is 84.0 Å². The number of aromatic hydroxyl groups is 1. The predicted octanol–water partition coefficient (Wildman–Crippen LogP) is 6.75. The van der Waals surface area contributed by atoms with Gasteiger partial charge in [0, 0.05) is 17.5 Å². The summed E-state index contributed by atoms with van der Waals surface area (Å²) in [6, 6.07) is 17.5. The summed E-state index contributed by atoms with van der Waals surface area (Å²) in [5, 5.41) is 14.8. The molecule has 0 aromatic heterocycles. The summed E-state index contributed by atoms with van der Waals surface area (Å²) in [7, 11) is 0. The van der Waals surface area contributed by atoms with Gasteiger partial charge in [0.25, 0.3) is 5.91 Å². The Kier molecular flexibility index (Phi) is 9.02. The monoisotopic (exact) mass is 491 g/mol. The number of carbonyl (C=O) groups excluding carboxylic acids is 1. The van der Waals surface area contributed by atoms with Crippen molar-refractivity contribution in [1.82, 2.24) is 5.32 Å². The van der Waals surface area contributed by atoms with Crippen molar-refractivity contribution in [2.24, 2.45) is 0 Å². The molecule has 0 spiro atoms. The normalized spacial score (nSPS) is 12.1. The van der Waals surface area contributed by atoms with Crippen molar-refractivity contribution in [2.75, 3.05) is 26.4 Å². The standard InChI is InChI=1S/C31H41NO4/c1-7-30(3,4)23-14-16-27(26(21-23)31(5,6)8-2)36-20-19-35-18-17-32-29(34)25-15-13-22-11-9-10-12-24(22)28(25)33/h9-16,21,33H,7-8,17-20H2,1-6H3,(H,32,34). The zero-order valence-corrected chi connectivity index (χ0v) is 22.6. The molecule has 0 aliphatic rings. The maximum atomic E-state index is 12.5. The van der Waals surface area contributed by atoms with Crippen molar-refractivity contribution in [3.63, 3.8) is 0 Å². The summed E-state index contributed by atoms with van der Waals surface area (Å²) in [6.07, 6.45) is 2.09. The Bertz CT molecular complexity index is 1180. The van der Waals surface area contributed by atoms with Crippen molar-refractivity contribution >= 4 is 16.7 Å². The SMILES string of the molecule is CCC(C)(C)c1ccc(OCCOCCNC(=O)c2ccc3ccccc3c2O)c(C(C)(C)CC)c1. The van der Waals surface area contributed by atoms with Crippen LogP contribution in [0.2, 0.25) is 0 Å². The Morgan fingerprint density at radius 3 is 2.33 bits per heavy atom. The van der Waals surface area contributed by atoms with Crippen LogP contribution in [0.15, 0.2) is 54.6 Å². The van der Waals surface area contributed by atoms with Gasteiger partial charge in [-0.25, -0.2) is 0 Å². The second-order valence-corrected chi connectivity index (χ2v) is 10.6. The van der Waals surface area contributed by atoms with Gasteiger partial charge >= 0.3 is 0 Å². The Labute approximate surface area is 215 Å². The van der Waals surface area contributed by atoms with Crippen molar-refractivity contribution in [1.29, 1.82) is 0 Å². The van der Waals surface area contributed by atoms with Gasteiger partial charge in [-0.3, -0.25) is 4.79 Å². The molecule has 2 N–H and O–H groups in total. The summed E-state index contributed by atoms with van der Waals surface area (Å²) in [5.74, 6) is 0.583. The number of carbonyl (C=O) groups is 1. The molecule has 0 radical (unpaired) electrons. The number of amides is 1. The van der Waals surface area contributed by atoms with E-state index in [2.05, 4.69) is 65.1 Å². The molecule has 0 aliphatic carbocycles. The minimum absolute atomic E-state index is 0.000862. The third kappa shape index (κ3) is 6.38. The molecular formula is C31H41NO4. The van der Waals surface area contributed by atoms with Crippen LogP contribution in [0.5, 0.6) is 11.5 Å². The fourth-order valence-electron chi connectivity index (χ4n) is 4.08. The van der Waals surface area contributed by atoms with Gasteiger partial charge in [-0.2, -0.15) is 0 Å². The molecular weight excluding hydrogens is 450 g/mol. The first-order chi connectivity index (χ1) is 17.1. The highest BCUT2D eigenvalue weighted by molar-refractivity contribution is 6.03. The molecule has 0 atom stereocenters. The van der Waals surface area contributed by atoms with Crippen LogP contribution < -0.4 is 10.1 Å². The number of hydrogen-bond acceptors (Lipinski definition) is 4. The third-order valence-corrected chi connectivity index (χ3v) is 7.42. The average Bonchev–Trinajstić information content (AvgIpc) is 2.88. The van der Waals surface area contributed by atoms with Crippen molar-refractivity contribution in [3.8, 4) is 11.5 Å². The maximum absolute atomic E-state index is 12.5. The van der Waals surface area contributed by atoms with Crippen LogP contribution in [0.4, 0.5) is 0 Å². The van der Waals surface area contributed by atoms with E-state index in [0.717, 1.165) is 24.0 Å². The van der Waals surface area contributed by atoms with E-state index in [4.69, 9.17) is 9.47 Å². The number of nitrogens with one attached hydrogen (secondary N) is 1. The summed E-state index contributed by atoms with van der Waals surface area (Å²) < 4.78 is 11.8. The molecule has 0 bridgehead atoms. The van der Waals surface area contributed by atoms with Crippen molar-refractivity contribution in [2.45, 2.75) is 65.2 Å². The lowest BCUT2D eigenvalue weighted by Crippen LogP contribution is -2.28. The van der Waals surface area contributed by atoms with Gasteiger partial charge in [0.05, 0.1) is 18.8 Å². The largest absolute Gasteiger partial charge is 0.506 e. The van der Waals surface area contributed by atoms with Crippen molar-refractivity contribution in [3.05, 3.63) is 71.3 Å². The molecule has 0 saturated carbocycles. The molecule has 194 valence electrons. The first kappa shape index (κ1) is 27.5. The van der Waals surface area contributed by atoms with Gasteiger partial charge in [-0.15, -0.1) is 0 Å².